The maximum atomic E-state index is 13.3. The average Bonchev–Trinajstić information content (AvgIpc) is 2.41. The smallest absolute Gasteiger partial charge is 0.123 e. The van der Waals surface area contributed by atoms with E-state index in [2.05, 4.69) is 68.1 Å². The van der Waals surface area contributed by atoms with Gasteiger partial charge in [0.1, 0.15) is 5.82 Å². The lowest BCUT2D eigenvalue weighted by molar-refractivity contribution is 0.583. The van der Waals surface area contributed by atoms with Crippen molar-refractivity contribution in [2.24, 2.45) is 0 Å². The van der Waals surface area contributed by atoms with E-state index in [1.807, 2.05) is 7.05 Å². The van der Waals surface area contributed by atoms with Gasteiger partial charge in [-0.3, -0.25) is 0 Å². The highest BCUT2D eigenvalue weighted by Gasteiger charge is 2.12. The molecule has 0 bridgehead atoms. The van der Waals surface area contributed by atoms with Crippen LogP contribution >= 0.6 is 38.5 Å². The summed E-state index contributed by atoms with van der Waals surface area (Å²) in [5.41, 5.74) is 2.18. The fourth-order valence-electron chi connectivity index (χ4n) is 2.00. The van der Waals surface area contributed by atoms with E-state index in [0.29, 0.717) is 0 Å². The van der Waals surface area contributed by atoms with E-state index in [9.17, 15) is 4.39 Å². The maximum absolute atomic E-state index is 13.3. The molecule has 0 aliphatic heterocycles. The Labute approximate surface area is 134 Å². The molecular weight excluding hydrogens is 420 g/mol. The quantitative estimate of drug-likeness (QED) is 0.689. The number of halogens is 3. The second-order valence-corrected chi connectivity index (χ2v) is 6.43. The second kappa shape index (κ2) is 6.81. The monoisotopic (exact) mass is 433 g/mol. The van der Waals surface area contributed by atoms with Crippen molar-refractivity contribution >= 4 is 38.5 Å². The molecule has 0 fully saturated rings. The Bertz CT molecular complexity index is 557. The first-order valence-electron chi connectivity index (χ1n) is 5.97. The summed E-state index contributed by atoms with van der Waals surface area (Å²) in [6.07, 6.45) is 0.745. The first kappa shape index (κ1) is 14.9. The molecule has 0 saturated carbocycles. The van der Waals surface area contributed by atoms with Gasteiger partial charge in [-0.15, -0.1) is 0 Å². The predicted octanol–water partition coefficient (Wildman–Crippen LogP) is 4.70. The molecule has 2 aromatic carbocycles. The lowest BCUT2D eigenvalue weighted by Crippen LogP contribution is -2.19. The zero-order valence-electron chi connectivity index (χ0n) is 10.5. The van der Waals surface area contributed by atoms with Crippen LogP contribution in [0.2, 0.25) is 0 Å². The SMILES string of the molecule is CNC(Cc1cc(F)ccc1Br)c1ccc(I)cc1. The standard InChI is InChI=1S/C15H14BrFIN/c1-19-15(10-2-5-13(18)6-3-10)9-11-8-12(17)4-7-14(11)16/h2-8,15,19H,9H2,1H3. The van der Waals surface area contributed by atoms with Crippen LogP contribution in [0.5, 0.6) is 0 Å². The Morgan fingerprint density at radius 2 is 1.89 bits per heavy atom. The summed E-state index contributed by atoms with van der Waals surface area (Å²) in [6, 6.07) is 13.4. The van der Waals surface area contributed by atoms with Gasteiger partial charge in [0, 0.05) is 14.1 Å². The number of hydrogen-bond donors (Lipinski definition) is 1. The van der Waals surface area contributed by atoms with Gasteiger partial charge in [0.15, 0.2) is 0 Å². The zero-order valence-corrected chi connectivity index (χ0v) is 14.2. The molecule has 1 atom stereocenters. The van der Waals surface area contributed by atoms with Gasteiger partial charge >= 0.3 is 0 Å². The van der Waals surface area contributed by atoms with E-state index in [-0.39, 0.29) is 11.9 Å². The molecule has 100 valence electrons. The topological polar surface area (TPSA) is 12.0 Å². The highest BCUT2D eigenvalue weighted by molar-refractivity contribution is 14.1. The van der Waals surface area contributed by atoms with E-state index in [0.717, 1.165) is 16.5 Å². The van der Waals surface area contributed by atoms with Gasteiger partial charge in [-0.2, -0.15) is 0 Å². The van der Waals surface area contributed by atoms with Gasteiger partial charge in [-0.25, -0.2) is 4.39 Å². The number of benzene rings is 2. The van der Waals surface area contributed by atoms with E-state index in [4.69, 9.17) is 0 Å². The first-order valence-corrected chi connectivity index (χ1v) is 7.84. The van der Waals surface area contributed by atoms with Crippen molar-refractivity contribution in [1.29, 1.82) is 0 Å². The van der Waals surface area contributed by atoms with Crippen LogP contribution in [0, 0.1) is 9.39 Å². The Hall–Kier alpha value is -0.460. The molecule has 1 nitrogen and oxygen atoms in total. The van der Waals surface area contributed by atoms with Crippen LogP contribution < -0.4 is 5.32 Å². The van der Waals surface area contributed by atoms with E-state index < -0.39 is 0 Å². The number of likely N-dealkylation sites (N-methyl/N-ethyl adjacent to an activating group) is 1. The molecule has 0 aliphatic carbocycles. The van der Waals surface area contributed by atoms with Crippen molar-refractivity contribution < 1.29 is 4.39 Å². The molecule has 0 saturated heterocycles. The zero-order chi connectivity index (χ0) is 13.8. The van der Waals surface area contributed by atoms with E-state index >= 15 is 0 Å². The summed E-state index contributed by atoms with van der Waals surface area (Å²) in [6.45, 7) is 0. The van der Waals surface area contributed by atoms with E-state index in [1.165, 1.54) is 15.2 Å². The van der Waals surface area contributed by atoms with Crippen molar-refractivity contribution in [2.75, 3.05) is 7.05 Å². The van der Waals surface area contributed by atoms with Crippen LogP contribution in [-0.2, 0) is 6.42 Å². The van der Waals surface area contributed by atoms with Gasteiger partial charge in [-0.1, -0.05) is 28.1 Å². The second-order valence-electron chi connectivity index (χ2n) is 4.33. The highest BCUT2D eigenvalue weighted by Crippen LogP contribution is 2.25. The molecule has 2 rings (SSSR count). The van der Waals surface area contributed by atoms with Crippen LogP contribution in [-0.4, -0.2) is 7.05 Å². The molecule has 0 amide bonds. The molecule has 1 unspecified atom stereocenters. The molecule has 19 heavy (non-hydrogen) atoms. The van der Waals surface area contributed by atoms with Crippen LogP contribution in [0.15, 0.2) is 46.9 Å². The molecule has 0 aromatic heterocycles. The third-order valence-corrected chi connectivity index (χ3v) is 4.55. The third-order valence-electron chi connectivity index (χ3n) is 3.05. The summed E-state index contributed by atoms with van der Waals surface area (Å²) in [4.78, 5) is 0. The Kier molecular flexibility index (Phi) is 5.36. The van der Waals surface area contributed by atoms with Crippen LogP contribution in [0.3, 0.4) is 0 Å². The molecule has 4 heteroatoms. The van der Waals surface area contributed by atoms with Crippen molar-refractivity contribution in [3.05, 3.63) is 67.5 Å². The largest absolute Gasteiger partial charge is 0.313 e. The van der Waals surface area contributed by atoms with Crippen LogP contribution in [0.25, 0.3) is 0 Å². The summed E-state index contributed by atoms with van der Waals surface area (Å²) >= 11 is 5.76. The minimum absolute atomic E-state index is 0.176. The van der Waals surface area contributed by atoms with Gasteiger partial charge < -0.3 is 5.32 Å². The van der Waals surface area contributed by atoms with E-state index in [1.54, 1.807) is 12.1 Å². The Balaban J connectivity index is 2.23. The fourth-order valence-corrected chi connectivity index (χ4v) is 2.77. The minimum Gasteiger partial charge on any atom is -0.313 e. The predicted molar refractivity (Wildman–Crippen MR) is 88.8 cm³/mol. The number of hydrogen-bond acceptors (Lipinski definition) is 1. The highest BCUT2D eigenvalue weighted by atomic mass is 127. The molecule has 0 radical (unpaired) electrons. The van der Waals surface area contributed by atoms with Crippen LogP contribution in [0.1, 0.15) is 17.2 Å². The van der Waals surface area contributed by atoms with Crippen molar-refractivity contribution in [1.82, 2.24) is 5.32 Å². The number of nitrogens with one attached hydrogen (secondary N) is 1. The summed E-state index contributed by atoms with van der Waals surface area (Å²) in [5.74, 6) is -0.198. The maximum Gasteiger partial charge on any atom is 0.123 e. The van der Waals surface area contributed by atoms with Gasteiger partial charge in [0.05, 0.1) is 0 Å². The van der Waals surface area contributed by atoms with Gasteiger partial charge in [0.2, 0.25) is 0 Å². The summed E-state index contributed by atoms with van der Waals surface area (Å²) < 4.78 is 15.5. The molecule has 1 N–H and O–H groups in total. The molecule has 2 aromatic rings. The van der Waals surface area contributed by atoms with Crippen molar-refractivity contribution in [3.8, 4) is 0 Å². The molecule has 0 aliphatic rings. The van der Waals surface area contributed by atoms with Crippen molar-refractivity contribution in [2.45, 2.75) is 12.5 Å². The van der Waals surface area contributed by atoms with Crippen LogP contribution in [0.4, 0.5) is 4.39 Å². The normalized spacial score (nSPS) is 12.4. The van der Waals surface area contributed by atoms with Crippen molar-refractivity contribution in [3.63, 3.8) is 0 Å². The number of rotatable bonds is 4. The Morgan fingerprint density at radius 1 is 1.21 bits per heavy atom. The molecule has 0 spiro atoms. The lowest BCUT2D eigenvalue weighted by Gasteiger charge is -2.18. The molecular formula is C15H14BrFIN. The van der Waals surface area contributed by atoms with Gasteiger partial charge in [0.25, 0.3) is 0 Å². The third kappa shape index (κ3) is 4.00. The van der Waals surface area contributed by atoms with Gasteiger partial charge in [-0.05, 0) is 77.5 Å². The molecule has 0 heterocycles. The minimum atomic E-state index is -0.198. The lowest BCUT2D eigenvalue weighted by atomic mass is 9.99. The average molecular weight is 434 g/mol. The summed E-state index contributed by atoms with van der Waals surface area (Å²) in [5, 5.41) is 3.29. The first-order chi connectivity index (χ1) is 9.10. The summed E-state index contributed by atoms with van der Waals surface area (Å²) in [7, 11) is 1.93. The fraction of sp³-hybridized carbons (Fsp3) is 0.200. The Morgan fingerprint density at radius 3 is 2.53 bits per heavy atom.